The Kier molecular flexibility index (Phi) is 16.0. The highest BCUT2D eigenvalue weighted by Gasteiger charge is 2.39. The van der Waals surface area contributed by atoms with Crippen LogP contribution in [-0.2, 0) is 46.8 Å². The van der Waals surface area contributed by atoms with E-state index in [2.05, 4.69) is 10.6 Å². The molecular weight excluding hydrogens is 735 g/mol. The number of alkyl carbamates (subject to hydrolysis) is 1. The third-order valence-corrected chi connectivity index (χ3v) is 11.8. The fraction of sp³-hybridized carbons (Fsp3) is 0.579. The third-order valence-electron chi connectivity index (χ3n) is 9.93. The van der Waals surface area contributed by atoms with E-state index in [1.165, 1.54) is 21.3 Å². The molecule has 2 aromatic carbocycles. The van der Waals surface area contributed by atoms with Crippen molar-refractivity contribution < 1.29 is 52.4 Å². The van der Waals surface area contributed by atoms with E-state index in [0.29, 0.717) is 24.8 Å². The number of sulfonamides is 1. The lowest BCUT2D eigenvalue weighted by atomic mass is 9.96. The van der Waals surface area contributed by atoms with Crippen LogP contribution in [0.25, 0.3) is 0 Å². The van der Waals surface area contributed by atoms with Crippen LogP contribution in [0.4, 0.5) is 4.79 Å². The molecule has 2 heterocycles. The molecule has 0 unspecified atom stereocenters. The predicted octanol–water partition coefficient (Wildman–Crippen LogP) is 1.23. The minimum Gasteiger partial charge on any atom is -0.481 e. The topological polar surface area (TPSA) is 238 Å². The molecule has 2 aliphatic heterocycles. The van der Waals surface area contributed by atoms with Gasteiger partial charge in [0.15, 0.2) is 0 Å². The van der Waals surface area contributed by atoms with E-state index in [1.54, 1.807) is 12.1 Å². The van der Waals surface area contributed by atoms with Gasteiger partial charge in [-0.2, -0.15) is 4.31 Å². The number of aliphatic hydroxyl groups excluding tert-OH is 2. The fourth-order valence-corrected chi connectivity index (χ4v) is 8.62. The Morgan fingerprint density at radius 3 is 2.38 bits per heavy atom. The van der Waals surface area contributed by atoms with Gasteiger partial charge in [-0.3, -0.25) is 14.4 Å². The molecule has 2 saturated heterocycles. The summed E-state index contributed by atoms with van der Waals surface area (Å²) >= 11 is 0. The van der Waals surface area contributed by atoms with E-state index in [1.807, 2.05) is 51.1 Å². The van der Waals surface area contributed by atoms with E-state index in [9.17, 15) is 37.8 Å². The van der Waals surface area contributed by atoms with Crippen LogP contribution in [0.5, 0.6) is 0 Å². The van der Waals surface area contributed by atoms with Crippen molar-refractivity contribution in [2.24, 2.45) is 17.6 Å². The van der Waals surface area contributed by atoms with Crippen molar-refractivity contribution in [3.8, 4) is 0 Å². The molecule has 304 valence electrons. The van der Waals surface area contributed by atoms with Gasteiger partial charge in [0, 0.05) is 38.7 Å². The molecular formula is C38H55N5O11S. The van der Waals surface area contributed by atoms with E-state index < -0.39 is 70.7 Å². The lowest BCUT2D eigenvalue weighted by molar-refractivity contribution is -0.143. The minimum atomic E-state index is -4.16. The van der Waals surface area contributed by atoms with Crippen LogP contribution in [0.3, 0.4) is 0 Å². The van der Waals surface area contributed by atoms with E-state index in [-0.39, 0.29) is 68.6 Å². The number of benzene rings is 2. The second kappa shape index (κ2) is 20.2. The molecule has 3 amide bonds. The maximum Gasteiger partial charge on any atom is 0.407 e. The van der Waals surface area contributed by atoms with Crippen molar-refractivity contribution in [2.75, 3.05) is 32.8 Å². The number of ether oxygens (including phenoxy) is 2. The van der Waals surface area contributed by atoms with Crippen LogP contribution >= 0.6 is 0 Å². The molecule has 0 spiro atoms. The standard InChI is InChI=1S/C38H55N5O11S/c1-24(2)21-42(22-33(45)31(18-26-8-5-4-6-9-26)41-38(50)54-34-23-53-25(3)29(34)15-17-44)55(51,52)28-13-11-27(12-14-28)20-40-36(48)32-10-7-16-43(32)37(49)30(39)19-35(46)47/h4-6,8-9,11-14,24-25,29-34,44-45H,7,10,15-23,39H2,1-3H3,(H,40,48)(H,41,50)(H,46,47)/t25-,29+,30-,31-,32-,33+,34-/m0/s1. The molecule has 0 saturated carbocycles. The van der Waals surface area contributed by atoms with Gasteiger partial charge in [-0.1, -0.05) is 56.3 Å². The van der Waals surface area contributed by atoms with Crippen molar-refractivity contribution >= 4 is 33.9 Å². The normalized spacial score (nSPS) is 21.6. The number of carboxylic acids is 1. The lowest BCUT2D eigenvalue weighted by Gasteiger charge is -2.31. The number of amides is 3. The van der Waals surface area contributed by atoms with Gasteiger partial charge in [0.1, 0.15) is 12.1 Å². The van der Waals surface area contributed by atoms with Crippen molar-refractivity contribution in [1.29, 1.82) is 0 Å². The first-order valence-electron chi connectivity index (χ1n) is 18.7. The fourth-order valence-electron chi connectivity index (χ4n) is 7.00. The SMILES string of the molecule is CC(C)CN(C[C@@H](O)[C@H](Cc1ccccc1)NC(=O)O[C@H]1CO[C@@H](C)[C@H]1CCO)S(=O)(=O)c1ccc(CNC(=O)[C@@H]2CCCN2C(=O)[C@@H](N)CC(=O)O)cc1. The van der Waals surface area contributed by atoms with Crippen molar-refractivity contribution in [3.63, 3.8) is 0 Å². The monoisotopic (exact) mass is 789 g/mol. The Morgan fingerprint density at radius 2 is 1.75 bits per heavy atom. The Balaban J connectivity index is 1.44. The van der Waals surface area contributed by atoms with Crippen LogP contribution in [0.1, 0.15) is 57.6 Å². The molecule has 0 radical (unpaired) electrons. The Hall–Kier alpha value is -4.13. The largest absolute Gasteiger partial charge is 0.481 e. The summed E-state index contributed by atoms with van der Waals surface area (Å²) in [6, 6.07) is 12.1. The number of likely N-dealkylation sites (tertiary alicyclic amines) is 1. The number of rotatable bonds is 19. The van der Waals surface area contributed by atoms with Crippen molar-refractivity contribution in [3.05, 3.63) is 65.7 Å². The highest BCUT2D eigenvalue weighted by molar-refractivity contribution is 7.89. The van der Waals surface area contributed by atoms with Gasteiger partial charge in [0.2, 0.25) is 21.8 Å². The molecule has 17 heteroatoms. The number of nitrogens with zero attached hydrogens (tertiary/aromatic N) is 2. The van der Waals surface area contributed by atoms with Crippen molar-refractivity contribution in [2.45, 2.75) is 101 Å². The smallest absolute Gasteiger partial charge is 0.407 e. The summed E-state index contributed by atoms with van der Waals surface area (Å²) in [5.41, 5.74) is 7.15. The number of nitrogens with one attached hydrogen (secondary N) is 2. The number of aliphatic carboxylic acids is 1. The summed E-state index contributed by atoms with van der Waals surface area (Å²) in [6.45, 7) is 5.70. The summed E-state index contributed by atoms with van der Waals surface area (Å²) in [6.07, 6.45) is -1.95. The highest BCUT2D eigenvalue weighted by Crippen LogP contribution is 2.27. The van der Waals surface area contributed by atoms with Gasteiger partial charge >= 0.3 is 12.1 Å². The van der Waals surface area contributed by atoms with E-state index in [0.717, 1.165) is 5.56 Å². The Morgan fingerprint density at radius 1 is 1.05 bits per heavy atom. The average molecular weight is 790 g/mol. The first-order valence-corrected chi connectivity index (χ1v) is 20.1. The summed E-state index contributed by atoms with van der Waals surface area (Å²) in [4.78, 5) is 51.2. The molecule has 16 nitrogen and oxygen atoms in total. The van der Waals surface area contributed by atoms with Crippen LogP contribution in [0.2, 0.25) is 0 Å². The molecule has 0 aromatic heterocycles. The first kappa shape index (κ1) is 43.6. The van der Waals surface area contributed by atoms with Crippen LogP contribution in [-0.4, -0.2) is 126 Å². The zero-order valence-corrected chi connectivity index (χ0v) is 32.4. The number of hydrogen-bond donors (Lipinski definition) is 6. The molecule has 2 fully saturated rings. The van der Waals surface area contributed by atoms with Gasteiger partial charge in [0.05, 0.1) is 42.2 Å². The van der Waals surface area contributed by atoms with Gasteiger partial charge in [-0.15, -0.1) is 0 Å². The second-order valence-corrected chi connectivity index (χ2v) is 16.6. The molecule has 7 N–H and O–H groups in total. The number of aliphatic hydroxyl groups is 2. The Bertz CT molecular complexity index is 1700. The second-order valence-electron chi connectivity index (χ2n) is 14.6. The summed E-state index contributed by atoms with van der Waals surface area (Å²) < 4.78 is 40.6. The number of nitrogens with two attached hydrogens (primary N) is 1. The van der Waals surface area contributed by atoms with Crippen molar-refractivity contribution in [1.82, 2.24) is 19.8 Å². The zero-order valence-electron chi connectivity index (χ0n) is 31.6. The van der Waals surface area contributed by atoms with Crippen LogP contribution < -0.4 is 16.4 Å². The first-order chi connectivity index (χ1) is 26.1. The summed E-state index contributed by atoms with van der Waals surface area (Å²) in [5.74, 6) is -2.56. The predicted molar refractivity (Wildman–Crippen MR) is 201 cm³/mol. The number of carboxylic acid groups (broad SMARTS) is 1. The molecule has 4 rings (SSSR count). The summed E-state index contributed by atoms with van der Waals surface area (Å²) in [7, 11) is -4.16. The van der Waals surface area contributed by atoms with E-state index >= 15 is 0 Å². The Labute approximate surface area is 322 Å². The van der Waals surface area contributed by atoms with Gasteiger partial charge < -0.3 is 46.1 Å². The van der Waals surface area contributed by atoms with Crippen LogP contribution in [0.15, 0.2) is 59.5 Å². The summed E-state index contributed by atoms with van der Waals surface area (Å²) in [5, 5.41) is 35.6. The van der Waals surface area contributed by atoms with Gasteiger partial charge in [0.25, 0.3) is 0 Å². The van der Waals surface area contributed by atoms with Crippen LogP contribution in [0, 0.1) is 11.8 Å². The minimum absolute atomic E-state index is 0.0346. The average Bonchev–Trinajstić information content (AvgIpc) is 3.77. The molecule has 7 atom stereocenters. The quantitative estimate of drug-likeness (QED) is 0.118. The highest BCUT2D eigenvalue weighted by atomic mass is 32.2. The molecule has 0 bridgehead atoms. The van der Waals surface area contributed by atoms with Gasteiger partial charge in [-0.25, -0.2) is 13.2 Å². The number of hydrogen-bond acceptors (Lipinski definition) is 11. The van der Waals surface area contributed by atoms with E-state index in [4.69, 9.17) is 20.3 Å². The maximum absolute atomic E-state index is 14.1. The molecule has 0 aliphatic carbocycles. The molecule has 2 aliphatic rings. The number of carbonyl (C=O) groups is 4. The molecule has 2 aromatic rings. The maximum atomic E-state index is 14.1. The number of carbonyl (C=O) groups excluding carboxylic acids is 3. The third kappa shape index (κ3) is 12.2. The van der Waals surface area contributed by atoms with Gasteiger partial charge in [-0.05, 0) is 61.8 Å². The molecule has 55 heavy (non-hydrogen) atoms. The lowest BCUT2D eigenvalue weighted by Crippen LogP contribution is -2.51. The zero-order chi connectivity index (χ0) is 40.3.